The third-order valence-corrected chi connectivity index (χ3v) is 6.85. The summed E-state index contributed by atoms with van der Waals surface area (Å²) in [6.45, 7) is 2.08. The number of sulfonamides is 1. The van der Waals surface area contributed by atoms with E-state index in [-0.39, 0.29) is 17.3 Å². The Hall–Kier alpha value is -2.97. The van der Waals surface area contributed by atoms with Gasteiger partial charge in [0.2, 0.25) is 15.9 Å². The zero-order valence-corrected chi connectivity index (χ0v) is 16.6. The first kappa shape index (κ1) is 19.4. The molecule has 6 nitrogen and oxygen atoms in total. The molecule has 8 heteroatoms. The minimum Gasteiger partial charge on any atom is -0.348 e. The number of anilines is 1. The molecule has 1 atom stereocenters. The van der Waals surface area contributed by atoms with Gasteiger partial charge in [-0.3, -0.25) is 4.79 Å². The number of nitrogens with one attached hydrogen (secondary N) is 1. The lowest BCUT2D eigenvalue weighted by molar-refractivity contribution is -0.114. The molecule has 0 saturated heterocycles. The molecule has 2 heterocycles. The standard InChI is InChI=1S/C21H20FN3O3S/c1-15(26)23-16-8-10-17(11-9-16)29(27,28)25-14-13-24-12-4-7-20(24)21(25)18-5-2-3-6-19(18)22/h2-12,21H,13-14H2,1H3,(H,23,26). The molecule has 150 valence electrons. The highest BCUT2D eigenvalue weighted by atomic mass is 32.2. The fourth-order valence-electron chi connectivity index (χ4n) is 3.68. The van der Waals surface area contributed by atoms with E-state index in [4.69, 9.17) is 0 Å². The molecule has 1 amide bonds. The van der Waals surface area contributed by atoms with Gasteiger partial charge in [-0.15, -0.1) is 0 Å². The molecular weight excluding hydrogens is 393 g/mol. The second-order valence-corrected chi connectivity index (χ2v) is 8.76. The lowest BCUT2D eigenvalue weighted by Gasteiger charge is -2.36. The number of nitrogens with zero attached hydrogens (tertiary/aromatic N) is 2. The molecule has 0 saturated carbocycles. The van der Waals surface area contributed by atoms with Crippen molar-refractivity contribution in [3.8, 4) is 0 Å². The van der Waals surface area contributed by atoms with E-state index in [1.165, 1.54) is 29.4 Å². The molecule has 0 fully saturated rings. The molecule has 0 spiro atoms. The predicted octanol–water partition coefficient (Wildman–Crippen LogP) is 3.38. The maximum Gasteiger partial charge on any atom is 0.244 e. The van der Waals surface area contributed by atoms with Crippen LogP contribution in [0.15, 0.2) is 71.8 Å². The Bertz CT molecular complexity index is 1160. The highest BCUT2D eigenvalue weighted by Gasteiger charge is 2.38. The summed E-state index contributed by atoms with van der Waals surface area (Å²) in [5, 5.41) is 2.61. The summed E-state index contributed by atoms with van der Waals surface area (Å²) < 4.78 is 44.8. The van der Waals surface area contributed by atoms with Crippen molar-refractivity contribution in [2.45, 2.75) is 24.4 Å². The highest BCUT2D eigenvalue weighted by Crippen LogP contribution is 2.37. The fourth-order valence-corrected chi connectivity index (χ4v) is 5.25. The molecule has 29 heavy (non-hydrogen) atoms. The number of hydrogen-bond donors (Lipinski definition) is 1. The van der Waals surface area contributed by atoms with Gasteiger partial charge >= 0.3 is 0 Å². The van der Waals surface area contributed by atoms with Gasteiger partial charge in [0.05, 0.1) is 10.9 Å². The second-order valence-electron chi connectivity index (χ2n) is 6.87. The zero-order valence-electron chi connectivity index (χ0n) is 15.7. The first-order valence-corrected chi connectivity index (χ1v) is 10.6. The number of hydrogen-bond acceptors (Lipinski definition) is 3. The van der Waals surface area contributed by atoms with Crippen LogP contribution in [0.5, 0.6) is 0 Å². The van der Waals surface area contributed by atoms with Crippen molar-refractivity contribution in [1.29, 1.82) is 0 Å². The summed E-state index contributed by atoms with van der Waals surface area (Å²) in [4.78, 5) is 11.3. The number of fused-ring (bicyclic) bond motifs is 1. The summed E-state index contributed by atoms with van der Waals surface area (Å²) in [5.41, 5.74) is 1.54. The van der Waals surface area contributed by atoms with Crippen molar-refractivity contribution < 1.29 is 17.6 Å². The highest BCUT2D eigenvalue weighted by molar-refractivity contribution is 7.89. The molecule has 1 aromatic heterocycles. The van der Waals surface area contributed by atoms with E-state index in [2.05, 4.69) is 5.32 Å². The fraction of sp³-hybridized carbons (Fsp3) is 0.190. The number of carbonyl (C=O) groups excluding carboxylic acids is 1. The van der Waals surface area contributed by atoms with Crippen LogP contribution in [0.2, 0.25) is 0 Å². The van der Waals surface area contributed by atoms with Crippen LogP contribution in [-0.2, 0) is 21.4 Å². The van der Waals surface area contributed by atoms with Crippen molar-refractivity contribution in [2.24, 2.45) is 0 Å². The van der Waals surface area contributed by atoms with Crippen LogP contribution in [0.25, 0.3) is 0 Å². The van der Waals surface area contributed by atoms with Gasteiger partial charge in [0.25, 0.3) is 0 Å². The second kappa shape index (κ2) is 7.46. The molecule has 1 aliphatic rings. The Labute approximate surface area is 168 Å². The van der Waals surface area contributed by atoms with Crippen LogP contribution < -0.4 is 5.32 Å². The van der Waals surface area contributed by atoms with E-state index in [1.807, 2.05) is 22.9 Å². The monoisotopic (exact) mass is 413 g/mol. The third-order valence-electron chi connectivity index (χ3n) is 4.98. The Morgan fingerprint density at radius 3 is 2.45 bits per heavy atom. The number of rotatable bonds is 4. The maximum absolute atomic E-state index is 14.6. The Morgan fingerprint density at radius 1 is 1.03 bits per heavy atom. The van der Waals surface area contributed by atoms with Gasteiger partial charge in [0.15, 0.2) is 0 Å². The topological polar surface area (TPSA) is 71.4 Å². The van der Waals surface area contributed by atoms with E-state index in [1.54, 1.807) is 30.3 Å². The van der Waals surface area contributed by atoms with Crippen molar-refractivity contribution in [1.82, 2.24) is 8.87 Å². The average molecular weight is 413 g/mol. The summed E-state index contributed by atoms with van der Waals surface area (Å²) >= 11 is 0. The summed E-state index contributed by atoms with van der Waals surface area (Å²) in [5.74, 6) is -0.689. The molecule has 0 bridgehead atoms. The normalized spacial score (nSPS) is 17.0. The number of aromatic nitrogens is 1. The van der Waals surface area contributed by atoms with E-state index < -0.39 is 21.9 Å². The van der Waals surface area contributed by atoms with Crippen molar-refractivity contribution in [3.63, 3.8) is 0 Å². The number of amides is 1. The van der Waals surface area contributed by atoms with Crippen LogP contribution in [0, 0.1) is 5.82 Å². The van der Waals surface area contributed by atoms with Gasteiger partial charge in [-0.05, 0) is 42.5 Å². The van der Waals surface area contributed by atoms with E-state index in [0.717, 1.165) is 5.69 Å². The van der Waals surface area contributed by atoms with Gasteiger partial charge in [-0.1, -0.05) is 18.2 Å². The maximum atomic E-state index is 14.6. The molecule has 1 aliphatic heterocycles. The summed E-state index contributed by atoms with van der Waals surface area (Å²) in [7, 11) is -3.90. The predicted molar refractivity (Wildman–Crippen MR) is 107 cm³/mol. The van der Waals surface area contributed by atoms with Crippen LogP contribution in [0.4, 0.5) is 10.1 Å². The SMILES string of the molecule is CC(=O)Nc1ccc(S(=O)(=O)N2CCn3cccc3C2c2ccccc2F)cc1. The first-order valence-electron chi connectivity index (χ1n) is 9.17. The first-order chi connectivity index (χ1) is 13.9. The van der Waals surface area contributed by atoms with Gasteiger partial charge in [0, 0.05) is 43.2 Å². The minimum absolute atomic E-state index is 0.0907. The van der Waals surface area contributed by atoms with E-state index in [9.17, 15) is 17.6 Å². The van der Waals surface area contributed by atoms with Gasteiger partial charge < -0.3 is 9.88 Å². The van der Waals surface area contributed by atoms with Gasteiger partial charge in [0.1, 0.15) is 5.82 Å². The molecule has 1 N–H and O–H groups in total. The van der Waals surface area contributed by atoms with Crippen molar-refractivity contribution >= 4 is 21.6 Å². The smallest absolute Gasteiger partial charge is 0.244 e. The number of benzene rings is 2. The quantitative estimate of drug-likeness (QED) is 0.713. The third kappa shape index (κ3) is 3.56. The average Bonchev–Trinajstić information content (AvgIpc) is 3.16. The number of halogens is 1. The van der Waals surface area contributed by atoms with Crippen LogP contribution in [0.1, 0.15) is 24.2 Å². The number of carbonyl (C=O) groups is 1. The Kier molecular flexibility index (Phi) is 4.97. The van der Waals surface area contributed by atoms with Gasteiger partial charge in [-0.25, -0.2) is 12.8 Å². The summed E-state index contributed by atoms with van der Waals surface area (Å²) in [6, 6.07) is 15.1. The Morgan fingerprint density at radius 2 is 1.76 bits per heavy atom. The van der Waals surface area contributed by atoms with Crippen molar-refractivity contribution in [3.05, 3.63) is 83.9 Å². The zero-order chi connectivity index (χ0) is 20.6. The molecule has 3 aromatic rings. The molecule has 2 aromatic carbocycles. The summed E-state index contributed by atoms with van der Waals surface area (Å²) in [6.07, 6.45) is 1.87. The van der Waals surface area contributed by atoms with E-state index in [0.29, 0.717) is 17.8 Å². The van der Waals surface area contributed by atoms with Crippen LogP contribution in [-0.4, -0.2) is 29.7 Å². The lowest BCUT2D eigenvalue weighted by Crippen LogP contribution is -2.42. The van der Waals surface area contributed by atoms with Crippen LogP contribution in [0.3, 0.4) is 0 Å². The Balaban J connectivity index is 1.77. The minimum atomic E-state index is -3.90. The lowest BCUT2D eigenvalue weighted by atomic mass is 10.0. The van der Waals surface area contributed by atoms with Crippen LogP contribution >= 0.6 is 0 Å². The largest absolute Gasteiger partial charge is 0.348 e. The molecule has 4 rings (SSSR count). The molecule has 0 radical (unpaired) electrons. The van der Waals surface area contributed by atoms with Crippen molar-refractivity contribution in [2.75, 3.05) is 11.9 Å². The molecular formula is C21H20FN3O3S. The van der Waals surface area contributed by atoms with Gasteiger partial charge in [-0.2, -0.15) is 4.31 Å². The van der Waals surface area contributed by atoms with E-state index >= 15 is 0 Å². The molecule has 0 aliphatic carbocycles. The molecule has 1 unspecified atom stereocenters.